The van der Waals surface area contributed by atoms with Crippen LogP contribution in [0.25, 0.3) is 0 Å². The fraction of sp³-hybridized carbons (Fsp3) is 0.300. The lowest BCUT2D eigenvalue weighted by Crippen LogP contribution is -2.44. The Hall–Kier alpha value is -2.53. The molecule has 1 heterocycles. The van der Waals surface area contributed by atoms with Gasteiger partial charge in [-0.2, -0.15) is 0 Å². The highest BCUT2D eigenvalue weighted by molar-refractivity contribution is 6.40. The number of halogens is 1. The van der Waals surface area contributed by atoms with Crippen LogP contribution in [0.1, 0.15) is 18.4 Å². The number of benzene rings is 2. The van der Waals surface area contributed by atoms with Crippen LogP contribution in [0.4, 0.5) is 11.4 Å². The summed E-state index contributed by atoms with van der Waals surface area (Å²) in [6, 6.07) is 15.1. The average molecular weight is 372 g/mol. The van der Waals surface area contributed by atoms with Crippen molar-refractivity contribution in [2.75, 3.05) is 24.1 Å². The van der Waals surface area contributed by atoms with Crippen molar-refractivity contribution in [3.8, 4) is 0 Å². The fourth-order valence-corrected chi connectivity index (χ4v) is 3.40. The van der Waals surface area contributed by atoms with Gasteiger partial charge in [0, 0.05) is 18.8 Å². The van der Waals surface area contributed by atoms with E-state index in [4.69, 9.17) is 17.3 Å². The molecule has 0 spiro atoms. The van der Waals surface area contributed by atoms with Gasteiger partial charge in [-0.3, -0.25) is 9.59 Å². The molecule has 136 valence electrons. The number of amides is 2. The van der Waals surface area contributed by atoms with Crippen LogP contribution in [0, 0.1) is 5.92 Å². The van der Waals surface area contributed by atoms with E-state index < -0.39 is 11.8 Å². The van der Waals surface area contributed by atoms with E-state index >= 15 is 0 Å². The fourth-order valence-electron chi connectivity index (χ4n) is 3.22. The smallest absolute Gasteiger partial charge is 0.313 e. The Morgan fingerprint density at radius 3 is 2.46 bits per heavy atom. The molecule has 0 aliphatic carbocycles. The molecule has 0 radical (unpaired) electrons. The molecule has 0 aromatic heterocycles. The van der Waals surface area contributed by atoms with E-state index in [9.17, 15) is 9.59 Å². The van der Waals surface area contributed by atoms with E-state index in [2.05, 4.69) is 17.4 Å². The number of hydrogen-bond donors (Lipinski definition) is 2. The highest BCUT2D eigenvalue weighted by Crippen LogP contribution is 2.24. The topological polar surface area (TPSA) is 75.4 Å². The van der Waals surface area contributed by atoms with Gasteiger partial charge in [-0.15, -0.1) is 0 Å². The van der Waals surface area contributed by atoms with Crippen molar-refractivity contribution >= 4 is 34.8 Å². The standard InChI is InChI=1S/C20H22ClN3O2/c21-17-13-16(6-7-18(17)22)23-19(25)20(26)24-10-8-15(9-11-24)12-14-4-2-1-3-5-14/h1-7,13,15H,8-12,22H2,(H,23,25). The van der Waals surface area contributed by atoms with Gasteiger partial charge in [-0.25, -0.2) is 0 Å². The number of nitrogens with one attached hydrogen (secondary N) is 1. The third-order valence-corrected chi connectivity index (χ3v) is 5.05. The van der Waals surface area contributed by atoms with Crippen LogP contribution in [0.3, 0.4) is 0 Å². The molecule has 5 nitrogen and oxygen atoms in total. The van der Waals surface area contributed by atoms with E-state index in [0.29, 0.717) is 35.4 Å². The Balaban J connectivity index is 1.51. The maximum Gasteiger partial charge on any atom is 0.313 e. The summed E-state index contributed by atoms with van der Waals surface area (Å²) >= 11 is 5.94. The molecule has 0 atom stereocenters. The van der Waals surface area contributed by atoms with Crippen molar-refractivity contribution < 1.29 is 9.59 Å². The largest absolute Gasteiger partial charge is 0.398 e. The Labute approximate surface area is 158 Å². The number of anilines is 2. The van der Waals surface area contributed by atoms with Crippen molar-refractivity contribution in [1.29, 1.82) is 0 Å². The van der Waals surface area contributed by atoms with E-state index in [1.165, 1.54) is 11.6 Å². The van der Waals surface area contributed by atoms with Crippen LogP contribution < -0.4 is 11.1 Å². The van der Waals surface area contributed by atoms with Gasteiger partial charge in [-0.05, 0) is 48.9 Å². The van der Waals surface area contributed by atoms with Gasteiger partial charge in [0.25, 0.3) is 0 Å². The lowest BCUT2D eigenvalue weighted by Gasteiger charge is -2.31. The number of nitrogen functional groups attached to an aromatic ring is 1. The molecule has 3 rings (SSSR count). The van der Waals surface area contributed by atoms with Crippen LogP contribution >= 0.6 is 11.6 Å². The quantitative estimate of drug-likeness (QED) is 0.641. The molecule has 6 heteroatoms. The van der Waals surface area contributed by atoms with Gasteiger partial charge < -0.3 is 16.0 Å². The summed E-state index contributed by atoms with van der Waals surface area (Å²) < 4.78 is 0. The minimum absolute atomic E-state index is 0.344. The maximum atomic E-state index is 12.4. The van der Waals surface area contributed by atoms with E-state index in [0.717, 1.165) is 19.3 Å². The van der Waals surface area contributed by atoms with Gasteiger partial charge in [0.05, 0.1) is 10.7 Å². The molecule has 1 saturated heterocycles. The number of nitrogens with zero attached hydrogens (tertiary/aromatic N) is 1. The minimum Gasteiger partial charge on any atom is -0.398 e. The average Bonchev–Trinajstić information content (AvgIpc) is 2.65. The number of rotatable bonds is 3. The lowest BCUT2D eigenvalue weighted by molar-refractivity contribution is -0.144. The molecule has 0 unspecified atom stereocenters. The van der Waals surface area contributed by atoms with Crippen LogP contribution in [0.5, 0.6) is 0 Å². The lowest BCUT2D eigenvalue weighted by atomic mass is 9.90. The number of nitrogens with two attached hydrogens (primary N) is 1. The normalized spacial score (nSPS) is 14.9. The Bertz CT molecular complexity index is 787. The second kappa shape index (κ2) is 8.23. The van der Waals surface area contributed by atoms with E-state index in [1.807, 2.05) is 18.2 Å². The molecule has 1 aliphatic heterocycles. The number of piperidine rings is 1. The molecule has 2 amide bonds. The summed E-state index contributed by atoms with van der Waals surface area (Å²) in [6.45, 7) is 1.21. The van der Waals surface area contributed by atoms with E-state index in [1.54, 1.807) is 17.0 Å². The van der Waals surface area contributed by atoms with Gasteiger partial charge in [0.15, 0.2) is 0 Å². The zero-order chi connectivity index (χ0) is 18.5. The zero-order valence-electron chi connectivity index (χ0n) is 14.5. The first-order valence-corrected chi connectivity index (χ1v) is 9.10. The van der Waals surface area contributed by atoms with Gasteiger partial charge in [-0.1, -0.05) is 41.9 Å². The van der Waals surface area contributed by atoms with Crippen LogP contribution in [-0.2, 0) is 16.0 Å². The van der Waals surface area contributed by atoms with Crippen LogP contribution in [-0.4, -0.2) is 29.8 Å². The van der Waals surface area contributed by atoms with Crippen LogP contribution in [0.15, 0.2) is 48.5 Å². The van der Waals surface area contributed by atoms with Crippen molar-refractivity contribution in [2.24, 2.45) is 5.92 Å². The second-order valence-electron chi connectivity index (χ2n) is 6.62. The molecular weight excluding hydrogens is 350 g/mol. The molecule has 1 aliphatic rings. The predicted octanol–water partition coefficient (Wildman–Crippen LogP) is 3.34. The van der Waals surface area contributed by atoms with Gasteiger partial charge in [0.2, 0.25) is 0 Å². The monoisotopic (exact) mass is 371 g/mol. The SMILES string of the molecule is Nc1ccc(NC(=O)C(=O)N2CCC(Cc3ccccc3)CC2)cc1Cl. The summed E-state index contributed by atoms with van der Waals surface area (Å²) in [5.74, 6) is -0.608. The third-order valence-electron chi connectivity index (χ3n) is 4.72. The first-order valence-electron chi connectivity index (χ1n) is 8.72. The van der Waals surface area contributed by atoms with Gasteiger partial charge in [0.1, 0.15) is 0 Å². The number of hydrogen-bond acceptors (Lipinski definition) is 3. The summed E-state index contributed by atoms with van der Waals surface area (Å²) in [6.07, 6.45) is 2.82. The Kier molecular flexibility index (Phi) is 5.78. The highest BCUT2D eigenvalue weighted by Gasteiger charge is 2.27. The molecule has 2 aromatic carbocycles. The van der Waals surface area contributed by atoms with Crippen LogP contribution in [0.2, 0.25) is 5.02 Å². The summed E-state index contributed by atoms with van der Waals surface area (Å²) in [7, 11) is 0. The number of carbonyl (C=O) groups excluding carboxylic acids is 2. The molecule has 0 saturated carbocycles. The Morgan fingerprint density at radius 2 is 1.81 bits per heavy atom. The number of likely N-dealkylation sites (tertiary alicyclic amines) is 1. The summed E-state index contributed by atoms with van der Waals surface area (Å²) in [4.78, 5) is 26.2. The summed E-state index contributed by atoms with van der Waals surface area (Å²) in [5, 5.41) is 2.93. The maximum absolute atomic E-state index is 12.4. The third kappa shape index (κ3) is 4.55. The number of carbonyl (C=O) groups is 2. The minimum atomic E-state index is -0.646. The van der Waals surface area contributed by atoms with Crippen molar-refractivity contribution in [2.45, 2.75) is 19.3 Å². The second-order valence-corrected chi connectivity index (χ2v) is 7.02. The molecule has 2 aromatic rings. The Morgan fingerprint density at radius 1 is 1.12 bits per heavy atom. The van der Waals surface area contributed by atoms with Crippen molar-refractivity contribution in [3.63, 3.8) is 0 Å². The first-order chi connectivity index (χ1) is 12.5. The molecular formula is C20H22ClN3O2. The predicted molar refractivity (Wildman–Crippen MR) is 104 cm³/mol. The van der Waals surface area contributed by atoms with Gasteiger partial charge >= 0.3 is 11.8 Å². The molecule has 1 fully saturated rings. The molecule has 3 N–H and O–H groups in total. The van der Waals surface area contributed by atoms with Crippen molar-refractivity contribution in [1.82, 2.24) is 4.90 Å². The zero-order valence-corrected chi connectivity index (χ0v) is 15.2. The first kappa shape index (κ1) is 18.3. The highest BCUT2D eigenvalue weighted by atomic mass is 35.5. The molecule has 0 bridgehead atoms. The summed E-state index contributed by atoms with van der Waals surface area (Å²) in [5.41, 5.74) is 7.85. The van der Waals surface area contributed by atoms with E-state index in [-0.39, 0.29) is 0 Å². The van der Waals surface area contributed by atoms with Crippen molar-refractivity contribution in [3.05, 3.63) is 59.1 Å². The molecule has 26 heavy (non-hydrogen) atoms.